The molecular weight excluding hydrogens is 382 g/mol. The summed E-state index contributed by atoms with van der Waals surface area (Å²) in [6.07, 6.45) is 0.930. The van der Waals surface area contributed by atoms with Crippen molar-refractivity contribution in [2.75, 3.05) is 34.0 Å². The molecule has 7 heteroatoms. The highest BCUT2D eigenvalue weighted by molar-refractivity contribution is 5.79. The number of rotatable bonds is 11. The fraction of sp³-hybridized carbons (Fsp3) is 0.391. The number of carbonyl (C=O) groups excluding carboxylic acids is 1. The smallest absolute Gasteiger partial charge is 0.224 e. The highest BCUT2D eigenvalue weighted by Crippen LogP contribution is 2.27. The summed E-state index contributed by atoms with van der Waals surface area (Å²) in [6, 6.07) is 13.6. The van der Waals surface area contributed by atoms with E-state index in [9.17, 15) is 4.79 Å². The van der Waals surface area contributed by atoms with Crippen LogP contribution >= 0.6 is 0 Å². The third-order valence-electron chi connectivity index (χ3n) is 4.88. The van der Waals surface area contributed by atoms with Crippen molar-refractivity contribution >= 4 is 16.9 Å². The third-order valence-corrected chi connectivity index (χ3v) is 4.88. The number of methoxy groups -OCH3 is 2. The highest BCUT2D eigenvalue weighted by Gasteiger charge is 2.12. The van der Waals surface area contributed by atoms with Gasteiger partial charge in [-0.2, -0.15) is 0 Å². The van der Waals surface area contributed by atoms with Crippen molar-refractivity contribution in [3.8, 4) is 11.5 Å². The van der Waals surface area contributed by atoms with Gasteiger partial charge in [0.1, 0.15) is 5.82 Å². The van der Waals surface area contributed by atoms with Crippen molar-refractivity contribution in [3.05, 3.63) is 53.9 Å². The lowest BCUT2D eigenvalue weighted by Crippen LogP contribution is -2.28. The maximum Gasteiger partial charge on any atom is 0.224 e. The molecule has 1 amide bonds. The number of para-hydroxylation sites is 2. The predicted molar refractivity (Wildman–Crippen MR) is 116 cm³/mol. The number of carbonyl (C=O) groups is 1. The zero-order chi connectivity index (χ0) is 21.3. The fourth-order valence-corrected chi connectivity index (χ4v) is 3.42. The van der Waals surface area contributed by atoms with E-state index in [0.717, 1.165) is 29.0 Å². The van der Waals surface area contributed by atoms with Crippen molar-refractivity contribution in [3.63, 3.8) is 0 Å². The number of imidazole rings is 1. The molecular formula is C23H29N3O4. The Hall–Kier alpha value is -3.06. The van der Waals surface area contributed by atoms with Crippen molar-refractivity contribution in [2.45, 2.75) is 26.3 Å². The molecule has 0 atom stereocenters. The van der Waals surface area contributed by atoms with Gasteiger partial charge in [0.2, 0.25) is 5.91 Å². The molecule has 0 saturated carbocycles. The lowest BCUT2D eigenvalue weighted by atomic mass is 10.1. The molecule has 1 heterocycles. The number of hydrogen-bond donors (Lipinski definition) is 1. The van der Waals surface area contributed by atoms with Gasteiger partial charge in [-0.25, -0.2) is 4.98 Å². The van der Waals surface area contributed by atoms with Crippen LogP contribution in [0.3, 0.4) is 0 Å². The Balaban J connectivity index is 1.60. The van der Waals surface area contributed by atoms with E-state index in [4.69, 9.17) is 19.2 Å². The van der Waals surface area contributed by atoms with E-state index in [1.165, 1.54) is 0 Å². The van der Waals surface area contributed by atoms with Gasteiger partial charge in [0, 0.05) is 26.1 Å². The quantitative estimate of drug-likeness (QED) is 0.491. The van der Waals surface area contributed by atoms with Crippen LogP contribution in [0.5, 0.6) is 11.5 Å². The summed E-state index contributed by atoms with van der Waals surface area (Å²) in [5, 5.41) is 2.99. The van der Waals surface area contributed by atoms with Gasteiger partial charge in [0.05, 0.1) is 38.3 Å². The summed E-state index contributed by atoms with van der Waals surface area (Å²) >= 11 is 0. The van der Waals surface area contributed by atoms with Crippen LogP contribution in [0.2, 0.25) is 0 Å². The average molecular weight is 412 g/mol. The molecule has 7 nitrogen and oxygen atoms in total. The van der Waals surface area contributed by atoms with Gasteiger partial charge in [-0.3, -0.25) is 4.79 Å². The molecule has 2 aromatic carbocycles. The summed E-state index contributed by atoms with van der Waals surface area (Å²) in [6.45, 7) is 4.57. The Labute approximate surface area is 177 Å². The zero-order valence-electron chi connectivity index (χ0n) is 17.8. The Kier molecular flexibility index (Phi) is 7.68. The summed E-state index contributed by atoms with van der Waals surface area (Å²) in [5.74, 6) is 2.17. The number of nitrogens with zero attached hydrogens (tertiary/aromatic N) is 2. The number of nitrogens with one attached hydrogen (secondary N) is 1. The van der Waals surface area contributed by atoms with Crippen LogP contribution in [0.25, 0.3) is 11.0 Å². The van der Waals surface area contributed by atoms with Gasteiger partial charge in [-0.15, -0.1) is 0 Å². The van der Waals surface area contributed by atoms with Crippen molar-refractivity contribution in [1.82, 2.24) is 14.9 Å². The SMILES string of the molecule is CCOCCn1c(CCNC(=O)Cc2ccc(OC)c(OC)c2)nc2ccccc21. The van der Waals surface area contributed by atoms with Gasteiger partial charge in [0.15, 0.2) is 11.5 Å². The molecule has 0 radical (unpaired) electrons. The second kappa shape index (κ2) is 10.6. The summed E-state index contributed by atoms with van der Waals surface area (Å²) < 4.78 is 18.2. The minimum absolute atomic E-state index is 0.0424. The van der Waals surface area contributed by atoms with Gasteiger partial charge in [0.25, 0.3) is 0 Å². The zero-order valence-corrected chi connectivity index (χ0v) is 17.8. The normalized spacial score (nSPS) is 10.9. The van der Waals surface area contributed by atoms with E-state index in [1.807, 2.05) is 43.3 Å². The molecule has 0 aliphatic heterocycles. The van der Waals surface area contributed by atoms with Crippen LogP contribution in [-0.4, -0.2) is 49.4 Å². The number of ether oxygens (including phenoxy) is 3. The van der Waals surface area contributed by atoms with Crippen LogP contribution in [0.4, 0.5) is 0 Å². The van der Waals surface area contributed by atoms with E-state index in [0.29, 0.717) is 37.7 Å². The largest absolute Gasteiger partial charge is 0.493 e. The summed E-state index contributed by atoms with van der Waals surface area (Å²) in [7, 11) is 3.17. The monoisotopic (exact) mass is 411 g/mol. The first-order valence-electron chi connectivity index (χ1n) is 10.2. The first-order valence-corrected chi connectivity index (χ1v) is 10.2. The van der Waals surface area contributed by atoms with Gasteiger partial charge in [-0.05, 0) is 36.8 Å². The Morgan fingerprint density at radius 1 is 1.10 bits per heavy atom. The van der Waals surface area contributed by atoms with Crippen molar-refractivity contribution in [2.24, 2.45) is 0 Å². The lowest BCUT2D eigenvalue weighted by Gasteiger charge is -2.11. The Bertz CT molecular complexity index is 984. The van der Waals surface area contributed by atoms with Crippen LogP contribution in [-0.2, 0) is 28.9 Å². The minimum atomic E-state index is -0.0424. The first kappa shape index (κ1) is 21.6. The van der Waals surface area contributed by atoms with Crippen LogP contribution in [0.15, 0.2) is 42.5 Å². The topological polar surface area (TPSA) is 74.6 Å². The Morgan fingerprint density at radius 2 is 1.90 bits per heavy atom. The third kappa shape index (κ3) is 5.30. The molecule has 0 bridgehead atoms. The van der Waals surface area contributed by atoms with E-state index in [2.05, 4.69) is 16.0 Å². The summed E-state index contributed by atoms with van der Waals surface area (Å²) in [4.78, 5) is 17.1. The standard InChI is InChI=1S/C23H29N3O4/c1-4-30-14-13-26-19-8-6-5-7-18(19)25-22(26)11-12-24-23(27)16-17-9-10-20(28-2)21(15-17)29-3/h5-10,15H,4,11-14,16H2,1-3H3,(H,24,27). The molecule has 0 fully saturated rings. The van der Waals surface area contributed by atoms with E-state index in [-0.39, 0.29) is 12.3 Å². The molecule has 1 aromatic heterocycles. The molecule has 0 saturated heterocycles. The number of hydrogen-bond acceptors (Lipinski definition) is 5. The number of benzene rings is 2. The van der Waals surface area contributed by atoms with E-state index < -0.39 is 0 Å². The minimum Gasteiger partial charge on any atom is -0.493 e. The van der Waals surface area contributed by atoms with E-state index >= 15 is 0 Å². The van der Waals surface area contributed by atoms with Crippen molar-refractivity contribution in [1.29, 1.82) is 0 Å². The summed E-state index contributed by atoms with van der Waals surface area (Å²) in [5.41, 5.74) is 2.92. The van der Waals surface area contributed by atoms with Gasteiger partial charge >= 0.3 is 0 Å². The highest BCUT2D eigenvalue weighted by atomic mass is 16.5. The maximum absolute atomic E-state index is 12.4. The molecule has 30 heavy (non-hydrogen) atoms. The first-order chi connectivity index (χ1) is 14.7. The van der Waals surface area contributed by atoms with Gasteiger partial charge < -0.3 is 24.1 Å². The van der Waals surface area contributed by atoms with E-state index in [1.54, 1.807) is 14.2 Å². The van der Waals surface area contributed by atoms with Crippen LogP contribution < -0.4 is 14.8 Å². The van der Waals surface area contributed by atoms with Crippen LogP contribution in [0.1, 0.15) is 18.3 Å². The average Bonchev–Trinajstić information content (AvgIpc) is 3.11. The molecule has 160 valence electrons. The molecule has 0 unspecified atom stereocenters. The fourth-order valence-electron chi connectivity index (χ4n) is 3.42. The second-order valence-electron chi connectivity index (χ2n) is 6.83. The molecule has 3 rings (SSSR count). The van der Waals surface area contributed by atoms with Gasteiger partial charge in [-0.1, -0.05) is 18.2 Å². The molecule has 0 aliphatic rings. The Morgan fingerprint density at radius 3 is 2.67 bits per heavy atom. The number of aromatic nitrogens is 2. The lowest BCUT2D eigenvalue weighted by molar-refractivity contribution is -0.120. The van der Waals surface area contributed by atoms with Crippen molar-refractivity contribution < 1.29 is 19.0 Å². The maximum atomic E-state index is 12.4. The molecule has 0 aliphatic carbocycles. The molecule has 1 N–H and O–H groups in total. The second-order valence-corrected chi connectivity index (χ2v) is 6.83. The molecule has 3 aromatic rings. The predicted octanol–water partition coefficient (Wildman–Crippen LogP) is 2.99. The number of amides is 1. The molecule has 0 spiro atoms. The number of fused-ring (bicyclic) bond motifs is 1. The van der Waals surface area contributed by atoms with Crippen LogP contribution in [0, 0.1) is 0 Å².